The summed E-state index contributed by atoms with van der Waals surface area (Å²) in [6, 6.07) is 6.35. The summed E-state index contributed by atoms with van der Waals surface area (Å²) in [5, 5.41) is 0. The maximum Gasteiger partial charge on any atom is 0.119 e. The maximum absolute atomic E-state index is 5.25. The predicted molar refractivity (Wildman–Crippen MR) is 61.1 cm³/mol. The van der Waals surface area contributed by atoms with E-state index >= 15 is 0 Å². The fourth-order valence-corrected chi connectivity index (χ4v) is 1.69. The Hall–Kier alpha value is -0.980. The Labute approximate surface area is 87.1 Å². The van der Waals surface area contributed by atoms with Crippen molar-refractivity contribution in [2.75, 3.05) is 7.11 Å². The van der Waals surface area contributed by atoms with E-state index < -0.39 is 0 Å². The lowest BCUT2D eigenvalue weighted by Crippen LogP contribution is -2.14. The second kappa shape index (κ2) is 4.04. The Morgan fingerprint density at radius 2 is 1.86 bits per heavy atom. The lowest BCUT2D eigenvalue weighted by atomic mass is 9.83. The molecule has 0 bridgehead atoms. The fourth-order valence-electron chi connectivity index (χ4n) is 1.69. The van der Waals surface area contributed by atoms with E-state index in [1.807, 2.05) is 6.07 Å². The first-order valence-corrected chi connectivity index (χ1v) is 5.16. The molecule has 0 saturated carbocycles. The summed E-state index contributed by atoms with van der Waals surface area (Å²) >= 11 is 0. The van der Waals surface area contributed by atoms with Crippen LogP contribution in [0.2, 0.25) is 0 Å². The van der Waals surface area contributed by atoms with Gasteiger partial charge in [-0.3, -0.25) is 0 Å². The molecule has 0 aliphatic rings. The molecule has 1 aromatic carbocycles. The van der Waals surface area contributed by atoms with Crippen LogP contribution in [0.3, 0.4) is 0 Å². The van der Waals surface area contributed by atoms with Crippen LogP contribution >= 0.6 is 0 Å². The number of aryl methyl sites for hydroxylation is 1. The van der Waals surface area contributed by atoms with Gasteiger partial charge >= 0.3 is 0 Å². The van der Waals surface area contributed by atoms with E-state index in [2.05, 4.69) is 39.8 Å². The van der Waals surface area contributed by atoms with Crippen LogP contribution in [0.1, 0.15) is 38.8 Å². The van der Waals surface area contributed by atoms with Crippen molar-refractivity contribution in [1.29, 1.82) is 0 Å². The molecule has 0 fully saturated rings. The number of hydrogen-bond acceptors (Lipinski definition) is 1. The monoisotopic (exact) mass is 192 g/mol. The molecule has 0 atom stereocenters. The molecule has 78 valence electrons. The summed E-state index contributed by atoms with van der Waals surface area (Å²) in [5.74, 6) is 0.951. The topological polar surface area (TPSA) is 9.23 Å². The lowest BCUT2D eigenvalue weighted by molar-refractivity contribution is 0.412. The highest BCUT2D eigenvalue weighted by Gasteiger charge is 2.17. The molecule has 0 saturated heterocycles. The molecule has 14 heavy (non-hydrogen) atoms. The summed E-state index contributed by atoms with van der Waals surface area (Å²) in [5.41, 5.74) is 3.00. The van der Waals surface area contributed by atoms with Gasteiger partial charge in [0.1, 0.15) is 5.75 Å². The standard InChI is InChI=1S/C13H20O/c1-6-10-7-8-11(14-5)9-12(10)13(2,3)4/h7-9H,6H2,1-5H3. The Morgan fingerprint density at radius 3 is 2.29 bits per heavy atom. The number of ether oxygens (including phenoxy) is 1. The highest BCUT2D eigenvalue weighted by molar-refractivity contribution is 5.39. The number of methoxy groups -OCH3 is 1. The van der Waals surface area contributed by atoms with Gasteiger partial charge in [-0.15, -0.1) is 0 Å². The highest BCUT2D eigenvalue weighted by atomic mass is 16.5. The Balaban J connectivity index is 3.22. The first kappa shape index (κ1) is 11.1. The molecule has 0 aliphatic heterocycles. The zero-order valence-electron chi connectivity index (χ0n) is 9.85. The van der Waals surface area contributed by atoms with Crippen molar-refractivity contribution in [2.45, 2.75) is 39.5 Å². The second-order valence-electron chi connectivity index (χ2n) is 4.63. The van der Waals surface area contributed by atoms with Crippen molar-refractivity contribution in [1.82, 2.24) is 0 Å². The molecule has 0 N–H and O–H groups in total. The number of rotatable bonds is 2. The number of hydrogen-bond donors (Lipinski definition) is 0. The van der Waals surface area contributed by atoms with Gasteiger partial charge in [-0.05, 0) is 35.1 Å². The molecule has 0 aromatic heterocycles. The van der Waals surface area contributed by atoms with Gasteiger partial charge in [-0.1, -0.05) is 33.8 Å². The minimum atomic E-state index is 0.194. The average Bonchev–Trinajstić information content (AvgIpc) is 2.15. The molecular weight excluding hydrogens is 172 g/mol. The summed E-state index contributed by atoms with van der Waals surface area (Å²) in [6.07, 6.45) is 1.08. The van der Waals surface area contributed by atoms with Crippen molar-refractivity contribution in [3.8, 4) is 5.75 Å². The molecule has 0 heterocycles. The normalized spacial score (nSPS) is 11.5. The molecule has 0 amide bonds. The van der Waals surface area contributed by atoms with Gasteiger partial charge in [0.05, 0.1) is 7.11 Å². The van der Waals surface area contributed by atoms with Crippen LogP contribution in [-0.2, 0) is 11.8 Å². The van der Waals surface area contributed by atoms with Crippen LogP contribution in [0, 0.1) is 0 Å². The Morgan fingerprint density at radius 1 is 1.21 bits per heavy atom. The molecule has 0 aliphatic carbocycles. The van der Waals surface area contributed by atoms with Gasteiger partial charge in [0.15, 0.2) is 0 Å². The quantitative estimate of drug-likeness (QED) is 0.696. The summed E-state index contributed by atoms with van der Waals surface area (Å²) < 4.78 is 5.25. The summed E-state index contributed by atoms with van der Waals surface area (Å²) in [7, 11) is 1.72. The van der Waals surface area contributed by atoms with Crippen LogP contribution in [-0.4, -0.2) is 7.11 Å². The SMILES string of the molecule is CCc1ccc(OC)cc1C(C)(C)C. The zero-order chi connectivity index (χ0) is 10.8. The molecule has 1 rings (SSSR count). The molecule has 0 spiro atoms. The van der Waals surface area contributed by atoms with E-state index in [9.17, 15) is 0 Å². The molecule has 0 radical (unpaired) electrons. The van der Waals surface area contributed by atoms with Gasteiger partial charge < -0.3 is 4.74 Å². The van der Waals surface area contributed by atoms with E-state index in [-0.39, 0.29) is 5.41 Å². The van der Waals surface area contributed by atoms with Gasteiger partial charge in [0, 0.05) is 0 Å². The number of benzene rings is 1. The minimum Gasteiger partial charge on any atom is -0.497 e. The van der Waals surface area contributed by atoms with Crippen LogP contribution in [0.15, 0.2) is 18.2 Å². The molecule has 0 unspecified atom stereocenters. The van der Waals surface area contributed by atoms with Crippen molar-refractivity contribution >= 4 is 0 Å². The van der Waals surface area contributed by atoms with E-state index in [1.165, 1.54) is 11.1 Å². The van der Waals surface area contributed by atoms with Gasteiger partial charge in [0.2, 0.25) is 0 Å². The van der Waals surface area contributed by atoms with Crippen LogP contribution < -0.4 is 4.74 Å². The third-order valence-corrected chi connectivity index (χ3v) is 2.51. The maximum atomic E-state index is 5.25. The van der Waals surface area contributed by atoms with Crippen molar-refractivity contribution in [2.24, 2.45) is 0 Å². The van der Waals surface area contributed by atoms with Crippen molar-refractivity contribution in [3.05, 3.63) is 29.3 Å². The van der Waals surface area contributed by atoms with E-state index in [4.69, 9.17) is 4.74 Å². The minimum absolute atomic E-state index is 0.194. The fraction of sp³-hybridized carbons (Fsp3) is 0.538. The summed E-state index contributed by atoms with van der Waals surface area (Å²) in [6.45, 7) is 8.90. The average molecular weight is 192 g/mol. The first-order valence-electron chi connectivity index (χ1n) is 5.16. The second-order valence-corrected chi connectivity index (χ2v) is 4.63. The van der Waals surface area contributed by atoms with Crippen LogP contribution in [0.5, 0.6) is 5.75 Å². The third kappa shape index (κ3) is 2.28. The van der Waals surface area contributed by atoms with Gasteiger partial charge in [0.25, 0.3) is 0 Å². The van der Waals surface area contributed by atoms with Gasteiger partial charge in [-0.25, -0.2) is 0 Å². The third-order valence-electron chi connectivity index (χ3n) is 2.51. The van der Waals surface area contributed by atoms with Crippen LogP contribution in [0.25, 0.3) is 0 Å². The zero-order valence-corrected chi connectivity index (χ0v) is 9.85. The van der Waals surface area contributed by atoms with Gasteiger partial charge in [-0.2, -0.15) is 0 Å². The van der Waals surface area contributed by atoms with Crippen molar-refractivity contribution in [3.63, 3.8) is 0 Å². The van der Waals surface area contributed by atoms with Crippen LogP contribution in [0.4, 0.5) is 0 Å². The highest BCUT2D eigenvalue weighted by Crippen LogP contribution is 2.29. The smallest absolute Gasteiger partial charge is 0.119 e. The first-order chi connectivity index (χ1) is 6.49. The molecular formula is C13H20O. The Bertz CT molecular complexity index is 308. The lowest BCUT2D eigenvalue weighted by Gasteiger charge is -2.23. The van der Waals surface area contributed by atoms with E-state index in [0.717, 1.165) is 12.2 Å². The summed E-state index contributed by atoms with van der Waals surface area (Å²) in [4.78, 5) is 0. The van der Waals surface area contributed by atoms with E-state index in [0.29, 0.717) is 0 Å². The van der Waals surface area contributed by atoms with E-state index in [1.54, 1.807) is 7.11 Å². The Kier molecular flexibility index (Phi) is 3.20. The largest absolute Gasteiger partial charge is 0.497 e. The van der Waals surface area contributed by atoms with Crippen molar-refractivity contribution < 1.29 is 4.74 Å². The molecule has 1 heteroatoms. The predicted octanol–water partition coefficient (Wildman–Crippen LogP) is 3.56. The molecule has 1 aromatic rings. The molecule has 1 nitrogen and oxygen atoms in total.